The SMILES string of the molecule is O=C(CBr)NC1CCC(CCCc2nc(N3CCOCC3)nc(-n3c(C(F)F)nc4ccccc43)n2)CC1. The second kappa shape index (κ2) is 12.4. The zero-order chi connectivity index (χ0) is 26.5. The predicted molar refractivity (Wildman–Crippen MR) is 143 cm³/mol. The maximum absolute atomic E-state index is 14.0. The van der Waals surface area contributed by atoms with Gasteiger partial charge in [-0.2, -0.15) is 15.0 Å². The third-order valence-electron chi connectivity index (χ3n) is 7.28. The molecule has 3 aromatic rings. The average molecular weight is 592 g/mol. The first-order valence-electron chi connectivity index (χ1n) is 13.2. The fourth-order valence-corrected chi connectivity index (χ4v) is 5.49. The van der Waals surface area contributed by atoms with Gasteiger partial charge in [0.15, 0.2) is 5.82 Å². The van der Waals surface area contributed by atoms with E-state index in [2.05, 4.69) is 36.2 Å². The van der Waals surface area contributed by atoms with E-state index in [9.17, 15) is 13.6 Å². The number of hydrogen-bond acceptors (Lipinski definition) is 7. The van der Waals surface area contributed by atoms with E-state index >= 15 is 0 Å². The second-order valence-electron chi connectivity index (χ2n) is 9.86. The lowest BCUT2D eigenvalue weighted by atomic mass is 9.83. The third kappa shape index (κ3) is 6.28. The highest BCUT2D eigenvalue weighted by molar-refractivity contribution is 9.09. The Morgan fingerprint density at radius 1 is 1.05 bits per heavy atom. The van der Waals surface area contributed by atoms with Crippen LogP contribution in [0.2, 0.25) is 0 Å². The average Bonchev–Trinajstić information content (AvgIpc) is 3.34. The summed E-state index contributed by atoms with van der Waals surface area (Å²) in [7, 11) is 0. The minimum Gasteiger partial charge on any atom is -0.378 e. The van der Waals surface area contributed by atoms with Crippen LogP contribution in [0.3, 0.4) is 0 Å². The predicted octanol–water partition coefficient (Wildman–Crippen LogP) is 4.38. The number of halogens is 3. The number of carbonyl (C=O) groups is 1. The summed E-state index contributed by atoms with van der Waals surface area (Å²) in [6, 6.07) is 7.29. The molecule has 1 amide bonds. The lowest BCUT2D eigenvalue weighted by Gasteiger charge is -2.29. The van der Waals surface area contributed by atoms with Crippen molar-refractivity contribution in [2.75, 3.05) is 36.5 Å². The van der Waals surface area contributed by atoms with Gasteiger partial charge < -0.3 is 15.0 Å². The molecule has 1 saturated heterocycles. The van der Waals surface area contributed by atoms with Crippen molar-refractivity contribution in [3.8, 4) is 5.95 Å². The van der Waals surface area contributed by atoms with Gasteiger partial charge in [-0.15, -0.1) is 0 Å². The molecule has 0 radical (unpaired) electrons. The summed E-state index contributed by atoms with van der Waals surface area (Å²) in [5.74, 6) is 1.50. The van der Waals surface area contributed by atoms with Crippen LogP contribution < -0.4 is 10.2 Å². The number of aryl methyl sites for hydroxylation is 1. The van der Waals surface area contributed by atoms with E-state index in [1.807, 2.05) is 4.90 Å². The number of imidazole rings is 1. The fourth-order valence-electron chi connectivity index (χ4n) is 5.32. The van der Waals surface area contributed by atoms with E-state index in [1.54, 1.807) is 24.3 Å². The standard InChI is InChI=1S/C26H32BrF2N7O2/c27-16-22(37)30-18-10-8-17(9-11-18)4-3-7-21-32-25(35-12-14-38-15-13-35)34-26(33-21)36-20-6-2-1-5-19(20)31-24(36)23(28)29/h1-2,5-6,17-18,23H,3-4,7-16H2,(H,30,37). The quantitative estimate of drug-likeness (QED) is 0.369. The van der Waals surface area contributed by atoms with E-state index < -0.39 is 6.43 Å². The number of morpholine rings is 1. The van der Waals surface area contributed by atoms with Crippen LogP contribution in [0, 0.1) is 5.92 Å². The topological polar surface area (TPSA) is 98.1 Å². The van der Waals surface area contributed by atoms with Crippen molar-refractivity contribution < 1.29 is 18.3 Å². The van der Waals surface area contributed by atoms with Crippen LogP contribution in [-0.4, -0.2) is 68.1 Å². The van der Waals surface area contributed by atoms with Gasteiger partial charge in [0.1, 0.15) is 5.82 Å². The lowest BCUT2D eigenvalue weighted by Crippen LogP contribution is -2.38. The maximum Gasteiger partial charge on any atom is 0.296 e. The summed E-state index contributed by atoms with van der Waals surface area (Å²) in [6.07, 6.45) is 3.91. The van der Waals surface area contributed by atoms with Crippen molar-refractivity contribution in [3.05, 3.63) is 35.9 Å². The number of amides is 1. The molecule has 0 atom stereocenters. The Hall–Kier alpha value is -2.73. The van der Waals surface area contributed by atoms with Crippen LogP contribution in [0.4, 0.5) is 14.7 Å². The Morgan fingerprint density at radius 2 is 1.79 bits per heavy atom. The molecule has 12 heteroatoms. The van der Waals surface area contributed by atoms with Gasteiger partial charge in [0, 0.05) is 25.6 Å². The number of alkyl halides is 3. The van der Waals surface area contributed by atoms with Gasteiger partial charge in [0.05, 0.1) is 29.6 Å². The number of aromatic nitrogens is 5. The Kier molecular flexibility index (Phi) is 8.78. The number of carbonyl (C=O) groups excluding carboxylic acids is 1. The highest BCUT2D eigenvalue weighted by atomic mass is 79.9. The highest BCUT2D eigenvalue weighted by Gasteiger charge is 2.25. The summed E-state index contributed by atoms with van der Waals surface area (Å²) in [6.45, 7) is 2.38. The number of ether oxygens (including phenoxy) is 1. The van der Waals surface area contributed by atoms with Crippen LogP contribution in [0.5, 0.6) is 0 Å². The van der Waals surface area contributed by atoms with Gasteiger partial charge in [-0.25, -0.2) is 13.8 Å². The number of para-hydroxylation sites is 2. The van der Waals surface area contributed by atoms with Gasteiger partial charge in [0.25, 0.3) is 6.43 Å². The Balaban J connectivity index is 1.34. The van der Waals surface area contributed by atoms with Crippen molar-refractivity contribution in [1.82, 2.24) is 29.8 Å². The van der Waals surface area contributed by atoms with Crippen LogP contribution in [0.25, 0.3) is 17.0 Å². The number of benzene rings is 1. The zero-order valence-electron chi connectivity index (χ0n) is 21.2. The number of anilines is 1. The minimum atomic E-state index is -2.77. The van der Waals surface area contributed by atoms with Crippen molar-refractivity contribution in [3.63, 3.8) is 0 Å². The van der Waals surface area contributed by atoms with Crippen molar-refractivity contribution in [1.29, 1.82) is 0 Å². The van der Waals surface area contributed by atoms with Crippen molar-refractivity contribution in [2.24, 2.45) is 5.92 Å². The number of hydrogen-bond donors (Lipinski definition) is 1. The smallest absolute Gasteiger partial charge is 0.296 e. The summed E-state index contributed by atoms with van der Waals surface area (Å²) < 4.78 is 34.9. The van der Waals surface area contributed by atoms with Crippen molar-refractivity contribution in [2.45, 2.75) is 57.4 Å². The summed E-state index contributed by atoms with van der Waals surface area (Å²) in [5.41, 5.74) is 1.01. The van der Waals surface area contributed by atoms with E-state index in [4.69, 9.17) is 9.72 Å². The van der Waals surface area contributed by atoms with Crippen LogP contribution in [0.15, 0.2) is 24.3 Å². The van der Waals surface area contributed by atoms with Gasteiger partial charge >= 0.3 is 0 Å². The highest BCUT2D eigenvalue weighted by Crippen LogP contribution is 2.30. The van der Waals surface area contributed by atoms with E-state index in [0.29, 0.717) is 66.8 Å². The molecule has 1 saturated carbocycles. The molecule has 0 unspecified atom stereocenters. The number of nitrogens with one attached hydrogen (secondary N) is 1. The largest absolute Gasteiger partial charge is 0.378 e. The Morgan fingerprint density at radius 3 is 2.53 bits per heavy atom. The van der Waals surface area contributed by atoms with Gasteiger partial charge in [-0.1, -0.05) is 34.5 Å². The normalized spacial score (nSPS) is 20.3. The second-order valence-corrected chi connectivity index (χ2v) is 10.4. The first-order valence-corrected chi connectivity index (χ1v) is 14.3. The molecule has 5 rings (SSSR count). The molecule has 1 aromatic carbocycles. The molecule has 38 heavy (non-hydrogen) atoms. The molecule has 1 N–H and O–H groups in total. The van der Waals surface area contributed by atoms with Crippen molar-refractivity contribution >= 4 is 38.8 Å². The first kappa shape index (κ1) is 26.9. The zero-order valence-corrected chi connectivity index (χ0v) is 22.7. The minimum absolute atomic E-state index is 0.0378. The van der Waals surface area contributed by atoms with Gasteiger partial charge in [-0.3, -0.25) is 9.36 Å². The molecule has 3 heterocycles. The molecule has 9 nitrogen and oxygen atoms in total. The number of nitrogens with zero attached hydrogens (tertiary/aromatic N) is 6. The molecule has 0 spiro atoms. The summed E-state index contributed by atoms with van der Waals surface area (Å²) in [4.78, 5) is 31.8. The van der Waals surface area contributed by atoms with Gasteiger partial charge in [-0.05, 0) is 50.2 Å². The van der Waals surface area contributed by atoms with Crippen LogP contribution in [0.1, 0.15) is 56.6 Å². The van der Waals surface area contributed by atoms with Crippen LogP contribution in [-0.2, 0) is 16.0 Å². The van der Waals surface area contributed by atoms with E-state index in [-0.39, 0.29) is 23.7 Å². The third-order valence-corrected chi connectivity index (χ3v) is 7.79. The van der Waals surface area contributed by atoms with Gasteiger partial charge in [0.2, 0.25) is 17.8 Å². The molecule has 1 aliphatic carbocycles. The van der Waals surface area contributed by atoms with E-state index in [1.165, 1.54) is 4.57 Å². The maximum atomic E-state index is 14.0. The lowest BCUT2D eigenvalue weighted by molar-refractivity contribution is -0.119. The number of rotatable bonds is 9. The number of fused-ring (bicyclic) bond motifs is 1. The Labute approximate surface area is 228 Å². The molecule has 2 fully saturated rings. The monoisotopic (exact) mass is 591 g/mol. The van der Waals surface area contributed by atoms with Crippen LogP contribution >= 0.6 is 15.9 Å². The molecule has 2 aliphatic rings. The first-order chi connectivity index (χ1) is 18.5. The summed E-state index contributed by atoms with van der Waals surface area (Å²) in [5, 5.41) is 3.40. The fraction of sp³-hybridized carbons (Fsp3) is 0.577. The summed E-state index contributed by atoms with van der Waals surface area (Å²) >= 11 is 3.20. The Bertz CT molecular complexity index is 1240. The molecular weight excluding hydrogens is 560 g/mol. The molecule has 1 aliphatic heterocycles. The molecular formula is C26H32BrF2N7O2. The molecule has 0 bridgehead atoms. The molecule has 2 aromatic heterocycles. The van der Waals surface area contributed by atoms with E-state index in [0.717, 1.165) is 38.5 Å². The molecule has 204 valence electrons.